The number of hydrogen-bond donors (Lipinski definition) is 2. The van der Waals surface area contributed by atoms with E-state index in [4.69, 9.17) is 0 Å². The van der Waals surface area contributed by atoms with Crippen LogP contribution in [-0.4, -0.2) is 29.5 Å². The summed E-state index contributed by atoms with van der Waals surface area (Å²) in [7, 11) is 1.29. The fourth-order valence-corrected chi connectivity index (χ4v) is 1.93. The van der Waals surface area contributed by atoms with Gasteiger partial charge < -0.3 is 15.0 Å². The van der Waals surface area contributed by atoms with Gasteiger partial charge in [-0.05, 0) is 26.0 Å². The molecule has 5 heteroatoms. The molecule has 0 aliphatic carbocycles. The molecule has 5 nitrogen and oxygen atoms in total. The molecule has 0 unspecified atom stereocenters. The van der Waals surface area contributed by atoms with E-state index >= 15 is 0 Å². The summed E-state index contributed by atoms with van der Waals surface area (Å²) >= 11 is 0. The van der Waals surface area contributed by atoms with Crippen LogP contribution in [0.2, 0.25) is 0 Å². The second-order valence-electron chi connectivity index (χ2n) is 4.82. The lowest BCUT2D eigenvalue weighted by Gasteiger charge is -2.23. The minimum Gasteiger partial charge on any atom is -0.467 e. The highest BCUT2D eigenvalue weighted by Gasteiger charge is 2.31. The maximum absolute atomic E-state index is 12.3. The molecule has 0 bridgehead atoms. The van der Waals surface area contributed by atoms with E-state index in [0.717, 1.165) is 10.9 Å². The van der Waals surface area contributed by atoms with E-state index < -0.39 is 11.5 Å². The van der Waals surface area contributed by atoms with Crippen molar-refractivity contribution in [3.63, 3.8) is 0 Å². The molecule has 1 heterocycles. The minimum atomic E-state index is -1.07. The van der Waals surface area contributed by atoms with Crippen molar-refractivity contribution in [2.75, 3.05) is 7.11 Å². The molecule has 100 valence electrons. The third kappa shape index (κ3) is 2.45. The molecule has 0 saturated heterocycles. The summed E-state index contributed by atoms with van der Waals surface area (Å²) in [5, 5.41) is 3.62. The SMILES string of the molecule is COC(=O)C(C)(C)NC(=O)c1cccc2cc[nH]c12. The molecule has 1 aromatic carbocycles. The van der Waals surface area contributed by atoms with Crippen LogP contribution >= 0.6 is 0 Å². The smallest absolute Gasteiger partial charge is 0.330 e. The Morgan fingerprint density at radius 3 is 2.68 bits per heavy atom. The maximum atomic E-state index is 12.3. The van der Waals surface area contributed by atoms with Gasteiger partial charge in [-0.25, -0.2) is 4.79 Å². The van der Waals surface area contributed by atoms with Crippen LogP contribution < -0.4 is 5.32 Å². The van der Waals surface area contributed by atoms with Crippen molar-refractivity contribution < 1.29 is 14.3 Å². The van der Waals surface area contributed by atoms with Gasteiger partial charge in [0.2, 0.25) is 0 Å². The fourth-order valence-electron chi connectivity index (χ4n) is 1.93. The average Bonchev–Trinajstić information content (AvgIpc) is 2.84. The Bertz CT molecular complexity index is 628. The highest BCUT2D eigenvalue weighted by Crippen LogP contribution is 2.18. The number of aromatic nitrogens is 1. The third-order valence-corrected chi connectivity index (χ3v) is 2.95. The van der Waals surface area contributed by atoms with Crippen molar-refractivity contribution in [3.05, 3.63) is 36.0 Å². The normalized spacial score (nSPS) is 11.3. The average molecular weight is 260 g/mol. The van der Waals surface area contributed by atoms with Crippen molar-refractivity contribution in [1.29, 1.82) is 0 Å². The number of rotatable bonds is 3. The number of ether oxygens (including phenoxy) is 1. The van der Waals surface area contributed by atoms with Gasteiger partial charge in [-0.1, -0.05) is 12.1 Å². The lowest BCUT2D eigenvalue weighted by molar-refractivity contribution is -0.146. The van der Waals surface area contributed by atoms with Gasteiger partial charge in [0, 0.05) is 11.6 Å². The van der Waals surface area contributed by atoms with Gasteiger partial charge in [-0.3, -0.25) is 4.79 Å². The predicted octanol–water partition coefficient (Wildman–Crippen LogP) is 1.85. The molecule has 19 heavy (non-hydrogen) atoms. The highest BCUT2D eigenvalue weighted by atomic mass is 16.5. The van der Waals surface area contributed by atoms with Crippen molar-refractivity contribution in [1.82, 2.24) is 10.3 Å². The second-order valence-corrected chi connectivity index (χ2v) is 4.82. The largest absolute Gasteiger partial charge is 0.467 e. The molecule has 0 fully saturated rings. The van der Waals surface area contributed by atoms with Gasteiger partial charge in [0.1, 0.15) is 5.54 Å². The molecule has 0 atom stereocenters. The lowest BCUT2D eigenvalue weighted by Crippen LogP contribution is -2.50. The molecule has 2 rings (SSSR count). The van der Waals surface area contributed by atoms with E-state index in [2.05, 4.69) is 15.0 Å². The van der Waals surface area contributed by atoms with Crippen molar-refractivity contribution in [2.24, 2.45) is 0 Å². The number of esters is 1. The number of hydrogen-bond acceptors (Lipinski definition) is 3. The molecule has 2 N–H and O–H groups in total. The van der Waals surface area contributed by atoms with E-state index in [-0.39, 0.29) is 5.91 Å². The zero-order chi connectivity index (χ0) is 14.0. The van der Waals surface area contributed by atoms with Gasteiger partial charge in [-0.2, -0.15) is 0 Å². The topological polar surface area (TPSA) is 71.2 Å². The van der Waals surface area contributed by atoms with Gasteiger partial charge in [0.25, 0.3) is 5.91 Å². The third-order valence-electron chi connectivity index (χ3n) is 2.95. The monoisotopic (exact) mass is 260 g/mol. The Labute approximate surface area is 110 Å². The van der Waals surface area contributed by atoms with E-state index in [1.54, 1.807) is 32.2 Å². The minimum absolute atomic E-state index is 0.316. The van der Waals surface area contributed by atoms with Crippen LogP contribution in [0.3, 0.4) is 0 Å². The number of fused-ring (bicyclic) bond motifs is 1. The van der Waals surface area contributed by atoms with Gasteiger partial charge >= 0.3 is 5.97 Å². The molecule has 0 saturated carbocycles. The van der Waals surface area contributed by atoms with Gasteiger partial charge in [0.15, 0.2) is 0 Å². The van der Waals surface area contributed by atoms with Crippen LogP contribution in [0.15, 0.2) is 30.5 Å². The molecule has 0 aliphatic rings. The first-order valence-corrected chi connectivity index (χ1v) is 5.93. The number of aromatic amines is 1. The summed E-state index contributed by atoms with van der Waals surface area (Å²) in [5.41, 5.74) is 0.181. The summed E-state index contributed by atoms with van der Waals surface area (Å²) in [6, 6.07) is 7.31. The number of carbonyl (C=O) groups excluding carboxylic acids is 2. The molecule has 1 aromatic heterocycles. The number of para-hydroxylation sites is 1. The first-order chi connectivity index (χ1) is 8.95. The summed E-state index contributed by atoms with van der Waals surface area (Å²) in [6.45, 7) is 3.21. The summed E-state index contributed by atoms with van der Waals surface area (Å²) < 4.78 is 4.66. The van der Waals surface area contributed by atoms with Crippen LogP contribution in [0.25, 0.3) is 10.9 Å². The Morgan fingerprint density at radius 1 is 1.26 bits per heavy atom. The molecule has 1 amide bonds. The molecular formula is C14H16N2O3. The lowest BCUT2D eigenvalue weighted by atomic mass is 10.0. The fraction of sp³-hybridized carbons (Fsp3) is 0.286. The predicted molar refractivity (Wildman–Crippen MR) is 71.9 cm³/mol. The molecule has 0 spiro atoms. The van der Waals surface area contributed by atoms with Crippen molar-refractivity contribution >= 4 is 22.8 Å². The van der Waals surface area contributed by atoms with E-state index in [0.29, 0.717) is 5.56 Å². The first kappa shape index (κ1) is 13.1. The second kappa shape index (κ2) is 4.76. The Kier molecular flexibility index (Phi) is 3.29. The van der Waals surface area contributed by atoms with Crippen LogP contribution in [0, 0.1) is 0 Å². The van der Waals surface area contributed by atoms with Crippen molar-refractivity contribution in [3.8, 4) is 0 Å². The van der Waals surface area contributed by atoms with Crippen molar-refractivity contribution in [2.45, 2.75) is 19.4 Å². The molecule has 0 radical (unpaired) electrons. The Hall–Kier alpha value is -2.30. The van der Waals surface area contributed by atoms with Crippen LogP contribution in [-0.2, 0) is 9.53 Å². The summed E-state index contributed by atoms with van der Waals surface area (Å²) in [6.07, 6.45) is 1.77. The number of methoxy groups -OCH3 is 1. The van der Waals surface area contributed by atoms with E-state index in [9.17, 15) is 9.59 Å². The number of carbonyl (C=O) groups is 2. The standard InChI is InChI=1S/C14H16N2O3/c1-14(2,13(18)19-3)16-12(17)10-6-4-5-9-7-8-15-11(9)10/h4-8,15H,1-3H3,(H,16,17). The van der Waals surface area contributed by atoms with E-state index in [1.165, 1.54) is 7.11 Å². The van der Waals surface area contributed by atoms with Gasteiger partial charge in [0.05, 0.1) is 18.2 Å². The summed E-state index contributed by atoms with van der Waals surface area (Å²) in [4.78, 5) is 26.8. The van der Waals surface area contributed by atoms with E-state index in [1.807, 2.05) is 12.1 Å². The number of H-pyrrole nitrogens is 1. The number of benzene rings is 1. The van der Waals surface area contributed by atoms with Crippen LogP contribution in [0.1, 0.15) is 24.2 Å². The number of amides is 1. The summed E-state index contributed by atoms with van der Waals surface area (Å²) in [5.74, 6) is -0.803. The molecular weight excluding hydrogens is 244 g/mol. The molecule has 2 aromatic rings. The maximum Gasteiger partial charge on any atom is 0.330 e. The Balaban J connectivity index is 2.30. The number of nitrogens with one attached hydrogen (secondary N) is 2. The quantitative estimate of drug-likeness (QED) is 0.827. The van der Waals surface area contributed by atoms with Crippen LogP contribution in [0.4, 0.5) is 0 Å². The Morgan fingerprint density at radius 2 is 2.00 bits per heavy atom. The van der Waals surface area contributed by atoms with Crippen LogP contribution in [0.5, 0.6) is 0 Å². The van der Waals surface area contributed by atoms with Gasteiger partial charge in [-0.15, -0.1) is 0 Å². The zero-order valence-electron chi connectivity index (χ0n) is 11.1. The molecule has 0 aliphatic heterocycles. The highest BCUT2D eigenvalue weighted by molar-refractivity contribution is 6.07. The first-order valence-electron chi connectivity index (χ1n) is 5.93. The zero-order valence-corrected chi connectivity index (χ0v) is 11.1.